The van der Waals surface area contributed by atoms with E-state index in [-0.39, 0.29) is 11.9 Å². The van der Waals surface area contributed by atoms with E-state index in [1.165, 1.54) is 12.8 Å². The molecule has 0 spiro atoms. The van der Waals surface area contributed by atoms with Crippen molar-refractivity contribution in [2.75, 3.05) is 7.05 Å². The van der Waals surface area contributed by atoms with E-state index in [9.17, 15) is 4.79 Å². The molecule has 2 aliphatic heterocycles. The van der Waals surface area contributed by atoms with Crippen molar-refractivity contribution in [2.45, 2.75) is 43.8 Å². The standard InChI is InChI=1S/C24H26ClN3O/c1-27-18-9-10-19(27)14-17(13-18)26-24(29)22-20-11-8-16(25)12-21(20)28(2)23(22)15-6-4-3-5-7-15/h3-8,11-12,17-19H,9-10,13-14H2,1-2H3,(H,26,29). The second-order valence-corrected chi connectivity index (χ2v) is 8.94. The number of nitrogens with zero attached hydrogens (tertiary/aromatic N) is 2. The number of hydrogen-bond donors (Lipinski definition) is 1. The molecule has 2 aliphatic rings. The molecule has 3 aromatic rings. The number of benzene rings is 2. The molecule has 2 atom stereocenters. The molecule has 29 heavy (non-hydrogen) atoms. The number of carbonyl (C=O) groups is 1. The summed E-state index contributed by atoms with van der Waals surface area (Å²) in [6, 6.07) is 17.3. The van der Waals surface area contributed by atoms with Gasteiger partial charge in [-0.2, -0.15) is 0 Å². The van der Waals surface area contributed by atoms with Gasteiger partial charge in [-0.25, -0.2) is 0 Å². The van der Waals surface area contributed by atoms with Crippen LogP contribution in [-0.4, -0.2) is 40.5 Å². The minimum Gasteiger partial charge on any atom is -0.349 e. The minimum absolute atomic E-state index is 0.0192. The maximum atomic E-state index is 13.6. The van der Waals surface area contributed by atoms with Crippen molar-refractivity contribution in [3.63, 3.8) is 0 Å². The second kappa shape index (κ2) is 7.19. The number of carbonyl (C=O) groups excluding carboxylic acids is 1. The second-order valence-electron chi connectivity index (χ2n) is 8.50. The first-order valence-electron chi connectivity index (χ1n) is 10.4. The van der Waals surface area contributed by atoms with Gasteiger partial charge in [-0.3, -0.25) is 4.79 Å². The van der Waals surface area contributed by atoms with Gasteiger partial charge in [0.2, 0.25) is 0 Å². The average molecular weight is 408 g/mol. The molecule has 0 aliphatic carbocycles. The van der Waals surface area contributed by atoms with E-state index in [0.717, 1.165) is 40.6 Å². The summed E-state index contributed by atoms with van der Waals surface area (Å²) in [7, 11) is 4.23. The first-order chi connectivity index (χ1) is 14.0. The maximum Gasteiger partial charge on any atom is 0.254 e. The van der Waals surface area contributed by atoms with Crippen molar-refractivity contribution in [3.05, 3.63) is 59.1 Å². The average Bonchev–Trinajstić information content (AvgIpc) is 3.10. The monoisotopic (exact) mass is 407 g/mol. The number of aryl methyl sites for hydroxylation is 1. The minimum atomic E-state index is 0.0192. The zero-order chi connectivity index (χ0) is 20.1. The lowest BCUT2D eigenvalue weighted by molar-refractivity contribution is 0.0884. The number of rotatable bonds is 3. The topological polar surface area (TPSA) is 37.3 Å². The molecule has 2 bridgehead atoms. The van der Waals surface area contributed by atoms with Gasteiger partial charge in [-0.15, -0.1) is 0 Å². The molecule has 4 nitrogen and oxygen atoms in total. The van der Waals surface area contributed by atoms with Crippen LogP contribution in [0.5, 0.6) is 0 Å². The molecule has 1 aromatic heterocycles. The van der Waals surface area contributed by atoms with Gasteiger partial charge in [-0.05, 0) is 50.4 Å². The lowest BCUT2D eigenvalue weighted by atomic mass is 9.97. The molecule has 2 aromatic carbocycles. The molecule has 5 rings (SSSR count). The van der Waals surface area contributed by atoms with E-state index in [2.05, 4.69) is 34.0 Å². The molecule has 0 radical (unpaired) electrons. The van der Waals surface area contributed by atoms with E-state index in [0.29, 0.717) is 17.1 Å². The largest absolute Gasteiger partial charge is 0.349 e. The summed E-state index contributed by atoms with van der Waals surface area (Å²) in [4.78, 5) is 16.1. The molecular formula is C24H26ClN3O. The summed E-state index contributed by atoms with van der Waals surface area (Å²) in [6.07, 6.45) is 4.57. The Balaban J connectivity index is 1.56. The summed E-state index contributed by atoms with van der Waals surface area (Å²) in [5.41, 5.74) is 3.70. The SMILES string of the molecule is CN1C2CCC1CC(NC(=O)c1c(-c3ccccc3)n(C)c3cc(Cl)ccc13)C2. The smallest absolute Gasteiger partial charge is 0.254 e. The Kier molecular flexibility index (Phi) is 4.64. The molecule has 1 N–H and O–H groups in total. The van der Waals surface area contributed by atoms with Crippen LogP contribution in [0.4, 0.5) is 0 Å². The summed E-state index contributed by atoms with van der Waals surface area (Å²) in [6.45, 7) is 0. The number of fused-ring (bicyclic) bond motifs is 3. The fourth-order valence-electron chi connectivity index (χ4n) is 5.36. The molecule has 5 heteroatoms. The lowest BCUT2D eigenvalue weighted by Gasteiger charge is -2.36. The van der Waals surface area contributed by atoms with E-state index in [4.69, 9.17) is 11.6 Å². The van der Waals surface area contributed by atoms with Crippen LogP contribution in [0.2, 0.25) is 5.02 Å². The molecule has 1 amide bonds. The maximum absolute atomic E-state index is 13.6. The third kappa shape index (κ3) is 3.15. The predicted molar refractivity (Wildman–Crippen MR) is 118 cm³/mol. The third-order valence-corrected chi connectivity index (χ3v) is 7.11. The molecular weight excluding hydrogens is 382 g/mol. The van der Waals surface area contributed by atoms with Crippen LogP contribution >= 0.6 is 11.6 Å². The lowest BCUT2D eigenvalue weighted by Crippen LogP contribution is -2.48. The summed E-state index contributed by atoms with van der Waals surface area (Å²) < 4.78 is 2.09. The van der Waals surface area contributed by atoms with Crippen LogP contribution in [0.1, 0.15) is 36.0 Å². The van der Waals surface area contributed by atoms with Crippen molar-refractivity contribution in [2.24, 2.45) is 7.05 Å². The molecule has 150 valence electrons. The zero-order valence-corrected chi connectivity index (χ0v) is 17.6. The van der Waals surface area contributed by atoms with Crippen LogP contribution in [0.3, 0.4) is 0 Å². The number of halogens is 1. The number of nitrogens with one attached hydrogen (secondary N) is 1. The number of hydrogen-bond acceptors (Lipinski definition) is 2. The van der Waals surface area contributed by atoms with Crippen molar-refractivity contribution in [1.82, 2.24) is 14.8 Å². The fourth-order valence-corrected chi connectivity index (χ4v) is 5.53. The Morgan fingerprint density at radius 1 is 1.03 bits per heavy atom. The highest BCUT2D eigenvalue weighted by atomic mass is 35.5. The van der Waals surface area contributed by atoms with Gasteiger partial charge in [-0.1, -0.05) is 48.0 Å². The van der Waals surface area contributed by atoms with Gasteiger partial charge in [0.1, 0.15) is 0 Å². The number of piperidine rings is 1. The van der Waals surface area contributed by atoms with Crippen LogP contribution in [-0.2, 0) is 7.05 Å². The van der Waals surface area contributed by atoms with Crippen LogP contribution < -0.4 is 5.32 Å². The van der Waals surface area contributed by atoms with E-state index in [1.807, 2.05) is 43.4 Å². The van der Waals surface area contributed by atoms with Crippen molar-refractivity contribution in [3.8, 4) is 11.3 Å². The first kappa shape index (κ1) is 18.7. The Labute approximate surface area is 176 Å². The molecule has 3 heterocycles. The summed E-state index contributed by atoms with van der Waals surface area (Å²) in [5, 5.41) is 5.00. The first-order valence-corrected chi connectivity index (χ1v) is 10.8. The predicted octanol–water partition coefficient (Wildman–Crippen LogP) is 4.85. The van der Waals surface area contributed by atoms with Crippen molar-refractivity contribution >= 4 is 28.4 Å². The molecule has 2 saturated heterocycles. The Hall–Kier alpha value is -2.30. The quantitative estimate of drug-likeness (QED) is 0.673. The van der Waals surface area contributed by atoms with Crippen molar-refractivity contribution < 1.29 is 4.79 Å². The highest BCUT2D eigenvalue weighted by Gasteiger charge is 2.39. The van der Waals surface area contributed by atoms with Crippen molar-refractivity contribution in [1.29, 1.82) is 0 Å². The van der Waals surface area contributed by atoms with E-state index < -0.39 is 0 Å². The molecule has 0 saturated carbocycles. The zero-order valence-electron chi connectivity index (χ0n) is 16.9. The number of amides is 1. The van der Waals surface area contributed by atoms with Crippen LogP contribution in [0, 0.1) is 0 Å². The summed E-state index contributed by atoms with van der Waals surface area (Å²) in [5.74, 6) is 0.0192. The Morgan fingerprint density at radius 2 is 1.72 bits per heavy atom. The molecule has 2 unspecified atom stereocenters. The van der Waals surface area contributed by atoms with Gasteiger partial charge >= 0.3 is 0 Å². The molecule has 2 fully saturated rings. The van der Waals surface area contributed by atoms with E-state index >= 15 is 0 Å². The van der Waals surface area contributed by atoms with Gasteiger partial charge in [0.25, 0.3) is 5.91 Å². The third-order valence-electron chi connectivity index (χ3n) is 6.87. The summed E-state index contributed by atoms with van der Waals surface area (Å²) >= 11 is 6.27. The Morgan fingerprint density at radius 3 is 2.41 bits per heavy atom. The fraction of sp³-hybridized carbons (Fsp3) is 0.375. The highest BCUT2D eigenvalue weighted by molar-refractivity contribution is 6.31. The van der Waals surface area contributed by atoms with Gasteiger partial charge < -0.3 is 14.8 Å². The highest BCUT2D eigenvalue weighted by Crippen LogP contribution is 2.36. The van der Waals surface area contributed by atoms with Crippen LogP contribution in [0.15, 0.2) is 48.5 Å². The van der Waals surface area contributed by atoms with Gasteiger partial charge in [0.05, 0.1) is 16.8 Å². The number of aromatic nitrogens is 1. The Bertz CT molecular complexity index is 1060. The van der Waals surface area contributed by atoms with Gasteiger partial charge in [0.15, 0.2) is 0 Å². The van der Waals surface area contributed by atoms with Crippen LogP contribution in [0.25, 0.3) is 22.2 Å². The van der Waals surface area contributed by atoms with E-state index in [1.54, 1.807) is 0 Å². The normalized spacial score (nSPS) is 24.2. The van der Waals surface area contributed by atoms with Gasteiger partial charge in [0, 0.05) is 35.6 Å².